The summed E-state index contributed by atoms with van der Waals surface area (Å²) in [7, 11) is 0. The number of benzene rings is 1. The van der Waals surface area contributed by atoms with Crippen molar-refractivity contribution < 1.29 is 9.59 Å². The molecule has 5 heteroatoms. The third-order valence-corrected chi connectivity index (χ3v) is 2.09. The molecule has 0 bridgehead atoms. The fraction of sp³-hybridized carbons (Fsp3) is 0.385. The van der Waals surface area contributed by atoms with Gasteiger partial charge in [-0.25, -0.2) is 0 Å². The van der Waals surface area contributed by atoms with Crippen molar-refractivity contribution in [2.45, 2.75) is 26.8 Å². The van der Waals surface area contributed by atoms with Gasteiger partial charge in [0.2, 0.25) is 11.8 Å². The van der Waals surface area contributed by atoms with Crippen molar-refractivity contribution in [1.82, 2.24) is 5.32 Å². The van der Waals surface area contributed by atoms with Crippen LogP contribution < -0.4 is 16.0 Å². The van der Waals surface area contributed by atoms with Crippen molar-refractivity contribution in [3.05, 3.63) is 24.3 Å². The van der Waals surface area contributed by atoms with E-state index < -0.39 is 0 Å². The van der Waals surface area contributed by atoms with Crippen LogP contribution in [0.4, 0.5) is 11.4 Å². The lowest BCUT2D eigenvalue weighted by Gasteiger charge is -2.11. The van der Waals surface area contributed by atoms with Crippen molar-refractivity contribution in [3.8, 4) is 0 Å². The van der Waals surface area contributed by atoms with E-state index in [1.54, 1.807) is 12.1 Å². The minimum Gasteiger partial charge on any atom is -0.376 e. The molecule has 0 aromatic heterocycles. The van der Waals surface area contributed by atoms with Crippen molar-refractivity contribution >= 4 is 23.2 Å². The fourth-order valence-electron chi connectivity index (χ4n) is 1.47. The number of anilines is 2. The van der Waals surface area contributed by atoms with Gasteiger partial charge in [0.15, 0.2) is 0 Å². The van der Waals surface area contributed by atoms with Gasteiger partial charge in [-0.3, -0.25) is 9.59 Å². The smallest absolute Gasteiger partial charge is 0.239 e. The lowest BCUT2D eigenvalue weighted by atomic mass is 10.2. The normalized spacial score (nSPS) is 10.0. The number of amides is 2. The van der Waals surface area contributed by atoms with Gasteiger partial charge in [0, 0.05) is 24.3 Å². The molecular weight excluding hydrogens is 230 g/mol. The van der Waals surface area contributed by atoms with Gasteiger partial charge >= 0.3 is 0 Å². The molecule has 0 aliphatic rings. The average molecular weight is 249 g/mol. The zero-order chi connectivity index (χ0) is 13.5. The van der Waals surface area contributed by atoms with Gasteiger partial charge < -0.3 is 16.0 Å². The molecule has 1 rings (SSSR count). The first-order valence-electron chi connectivity index (χ1n) is 5.88. The third-order valence-electron chi connectivity index (χ3n) is 2.09. The van der Waals surface area contributed by atoms with Gasteiger partial charge in [-0.15, -0.1) is 0 Å². The van der Waals surface area contributed by atoms with Crippen molar-refractivity contribution in [1.29, 1.82) is 0 Å². The average Bonchev–Trinajstić information content (AvgIpc) is 2.25. The Morgan fingerprint density at radius 2 is 1.89 bits per heavy atom. The fourth-order valence-corrected chi connectivity index (χ4v) is 1.47. The summed E-state index contributed by atoms with van der Waals surface area (Å²) >= 11 is 0. The van der Waals surface area contributed by atoms with Crippen LogP contribution in [0.25, 0.3) is 0 Å². The van der Waals surface area contributed by atoms with Crippen LogP contribution in [0.2, 0.25) is 0 Å². The number of carbonyl (C=O) groups is 2. The predicted molar refractivity (Wildman–Crippen MR) is 72.5 cm³/mol. The number of hydrogen-bond donors (Lipinski definition) is 3. The van der Waals surface area contributed by atoms with Crippen LogP contribution in [0.3, 0.4) is 0 Å². The summed E-state index contributed by atoms with van der Waals surface area (Å²) in [6, 6.07) is 7.36. The van der Waals surface area contributed by atoms with Crippen molar-refractivity contribution in [3.63, 3.8) is 0 Å². The lowest BCUT2D eigenvalue weighted by Crippen LogP contribution is -2.34. The van der Waals surface area contributed by atoms with E-state index in [-0.39, 0.29) is 24.4 Å². The number of hydrogen-bond acceptors (Lipinski definition) is 3. The number of rotatable bonds is 5. The van der Waals surface area contributed by atoms with E-state index in [0.717, 1.165) is 5.69 Å². The number of nitrogens with one attached hydrogen (secondary N) is 3. The molecule has 0 aliphatic heterocycles. The Hall–Kier alpha value is -2.04. The molecule has 0 radical (unpaired) electrons. The molecule has 0 atom stereocenters. The molecule has 0 heterocycles. The maximum absolute atomic E-state index is 11.4. The monoisotopic (exact) mass is 249 g/mol. The lowest BCUT2D eigenvalue weighted by molar-refractivity contribution is -0.120. The summed E-state index contributed by atoms with van der Waals surface area (Å²) in [6.45, 7) is 5.49. The first-order valence-corrected chi connectivity index (χ1v) is 5.88. The van der Waals surface area contributed by atoms with Crippen LogP contribution in [-0.2, 0) is 9.59 Å². The van der Waals surface area contributed by atoms with Gasteiger partial charge in [-0.1, -0.05) is 6.07 Å². The molecule has 18 heavy (non-hydrogen) atoms. The Labute approximate surface area is 107 Å². The van der Waals surface area contributed by atoms with E-state index in [1.807, 2.05) is 26.0 Å². The van der Waals surface area contributed by atoms with Crippen LogP contribution in [0, 0.1) is 0 Å². The molecule has 98 valence electrons. The van der Waals surface area contributed by atoms with Gasteiger partial charge in [-0.05, 0) is 32.0 Å². The second kappa shape index (κ2) is 6.64. The van der Waals surface area contributed by atoms with E-state index in [1.165, 1.54) is 6.92 Å². The van der Waals surface area contributed by atoms with Crippen molar-refractivity contribution in [2.24, 2.45) is 0 Å². The van der Waals surface area contributed by atoms with E-state index in [9.17, 15) is 9.59 Å². The first-order chi connectivity index (χ1) is 8.47. The molecule has 1 aromatic rings. The zero-order valence-electron chi connectivity index (χ0n) is 10.9. The van der Waals surface area contributed by atoms with E-state index in [4.69, 9.17) is 0 Å². The highest BCUT2D eigenvalue weighted by Gasteiger charge is 2.03. The highest BCUT2D eigenvalue weighted by Crippen LogP contribution is 2.14. The van der Waals surface area contributed by atoms with E-state index in [2.05, 4.69) is 16.0 Å². The third kappa shape index (κ3) is 5.34. The Morgan fingerprint density at radius 3 is 2.50 bits per heavy atom. The van der Waals surface area contributed by atoms with Crippen LogP contribution in [0.5, 0.6) is 0 Å². The summed E-state index contributed by atoms with van der Waals surface area (Å²) in [5.41, 5.74) is 1.50. The van der Waals surface area contributed by atoms with Crippen LogP contribution in [0.1, 0.15) is 20.8 Å². The topological polar surface area (TPSA) is 70.2 Å². The van der Waals surface area contributed by atoms with Gasteiger partial charge in [-0.2, -0.15) is 0 Å². The quantitative estimate of drug-likeness (QED) is 0.742. The second-order valence-electron chi connectivity index (χ2n) is 4.34. The van der Waals surface area contributed by atoms with Gasteiger partial charge in [0.25, 0.3) is 0 Å². The minimum absolute atomic E-state index is 0.0602. The molecule has 0 aliphatic carbocycles. The van der Waals surface area contributed by atoms with Gasteiger partial charge in [0.1, 0.15) is 0 Å². The van der Waals surface area contributed by atoms with Crippen LogP contribution in [0.15, 0.2) is 24.3 Å². The SMILES string of the molecule is CC(=O)Nc1cccc(NCC(=O)NC(C)C)c1. The molecule has 2 amide bonds. The Kier molecular flexibility index (Phi) is 5.17. The zero-order valence-corrected chi connectivity index (χ0v) is 10.9. The molecule has 0 saturated carbocycles. The molecule has 5 nitrogen and oxygen atoms in total. The van der Waals surface area contributed by atoms with Gasteiger partial charge in [0.05, 0.1) is 6.54 Å². The highest BCUT2D eigenvalue weighted by molar-refractivity contribution is 5.89. The first kappa shape index (κ1) is 14.0. The molecule has 3 N–H and O–H groups in total. The van der Waals surface area contributed by atoms with E-state index in [0.29, 0.717) is 5.69 Å². The Bertz CT molecular complexity index is 430. The predicted octanol–water partition coefficient (Wildman–Crippen LogP) is 1.58. The minimum atomic E-state index is -0.121. The molecule has 0 saturated heterocycles. The molecule has 0 fully saturated rings. The molecular formula is C13H19N3O2. The van der Waals surface area contributed by atoms with E-state index >= 15 is 0 Å². The Balaban J connectivity index is 2.52. The molecule has 0 spiro atoms. The molecule has 1 aromatic carbocycles. The molecule has 0 unspecified atom stereocenters. The largest absolute Gasteiger partial charge is 0.376 e. The maximum Gasteiger partial charge on any atom is 0.239 e. The summed E-state index contributed by atoms with van der Waals surface area (Å²) < 4.78 is 0. The van der Waals surface area contributed by atoms with Crippen LogP contribution in [-0.4, -0.2) is 24.4 Å². The standard InChI is InChI=1S/C13H19N3O2/c1-9(2)15-13(18)8-14-11-5-4-6-12(7-11)16-10(3)17/h4-7,9,14H,8H2,1-3H3,(H,15,18)(H,16,17). The summed E-state index contributed by atoms with van der Waals surface area (Å²) in [6.07, 6.45) is 0. The van der Waals surface area contributed by atoms with Crippen molar-refractivity contribution in [2.75, 3.05) is 17.2 Å². The second-order valence-corrected chi connectivity index (χ2v) is 4.34. The summed E-state index contributed by atoms with van der Waals surface area (Å²) in [4.78, 5) is 22.4. The maximum atomic E-state index is 11.4. The highest BCUT2D eigenvalue weighted by atomic mass is 16.2. The summed E-state index contributed by atoms with van der Waals surface area (Å²) in [5, 5.41) is 8.47. The summed E-state index contributed by atoms with van der Waals surface area (Å²) in [5.74, 6) is -0.181. The van der Waals surface area contributed by atoms with Crippen LogP contribution >= 0.6 is 0 Å². The Morgan fingerprint density at radius 1 is 1.22 bits per heavy atom. The number of carbonyl (C=O) groups excluding carboxylic acids is 2.